The number of pyridine rings is 1. The Bertz CT molecular complexity index is 854. The van der Waals surface area contributed by atoms with Crippen molar-refractivity contribution in [3.8, 4) is 5.88 Å². The number of nitrogens with one attached hydrogen (secondary N) is 1. The zero-order chi connectivity index (χ0) is 15.5. The number of carbonyl (C=O) groups excluding carboxylic acids is 1. The lowest BCUT2D eigenvalue weighted by Crippen LogP contribution is -2.15. The zero-order valence-electron chi connectivity index (χ0n) is 11.6. The van der Waals surface area contributed by atoms with Crippen LogP contribution in [0.1, 0.15) is 10.5 Å². The monoisotopic (exact) mass is 314 g/mol. The van der Waals surface area contributed by atoms with Gasteiger partial charge in [0.05, 0.1) is 25.0 Å². The Morgan fingerprint density at radius 2 is 2.00 bits per heavy atom. The molecule has 1 amide bonds. The van der Waals surface area contributed by atoms with Gasteiger partial charge in [0.1, 0.15) is 5.69 Å². The summed E-state index contributed by atoms with van der Waals surface area (Å²) in [5.41, 5.74) is 0.913. The van der Waals surface area contributed by atoms with Crippen molar-refractivity contribution in [3.63, 3.8) is 0 Å². The molecule has 3 rings (SSSR count). The number of nitrogens with zero attached hydrogens (tertiary/aromatic N) is 3. The van der Waals surface area contributed by atoms with Crippen LogP contribution in [0.4, 0.5) is 5.82 Å². The van der Waals surface area contributed by atoms with Crippen molar-refractivity contribution < 1.29 is 9.53 Å². The van der Waals surface area contributed by atoms with Gasteiger partial charge in [-0.25, -0.2) is 4.98 Å². The van der Waals surface area contributed by atoms with E-state index in [0.29, 0.717) is 16.4 Å². The number of rotatable bonds is 3. The Labute approximate surface area is 131 Å². The summed E-state index contributed by atoms with van der Waals surface area (Å²) < 4.78 is 4.96. The van der Waals surface area contributed by atoms with Crippen molar-refractivity contribution in [1.82, 2.24) is 15.0 Å². The Morgan fingerprint density at radius 3 is 2.82 bits per heavy atom. The number of anilines is 1. The van der Waals surface area contributed by atoms with Crippen LogP contribution < -0.4 is 10.1 Å². The Kier molecular flexibility index (Phi) is 3.84. The van der Waals surface area contributed by atoms with Crippen LogP contribution in [0.25, 0.3) is 10.9 Å². The molecule has 6 nitrogen and oxygen atoms in total. The highest BCUT2D eigenvalue weighted by atomic mass is 35.5. The molecule has 0 spiro atoms. The third-order valence-electron chi connectivity index (χ3n) is 2.95. The maximum absolute atomic E-state index is 12.2. The highest BCUT2D eigenvalue weighted by Gasteiger charge is 2.10. The van der Waals surface area contributed by atoms with Gasteiger partial charge >= 0.3 is 0 Å². The molecule has 22 heavy (non-hydrogen) atoms. The fourth-order valence-corrected chi connectivity index (χ4v) is 2.07. The topological polar surface area (TPSA) is 77.0 Å². The number of benzene rings is 1. The predicted molar refractivity (Wildman–Crippen MR) is 83.3 cm³/mol. The highest BCUT2D eigenvalue weighted by Crippen LogP contribution is 2.18. The lowest BCUT2D eigenvalue weighted by atomic mass is 10.2. The first kappa shape index (κ1) is 14.2. The van der Waals surface area contributed by atoms with E-state index in [1.54, 1.807) is 18.2 Å². The van der Waals surface area contributed by atoms with Gasteiger partial charge in [0, 0.05) is 10.4 Å². The van der Waals surface area contributed by atoms with Crippen molar-refractivity contribution in [2.45, 2.75) is 0 Å². The van der Waals surface area contributed by atoms with Gasteiger partial charge in [-0.05, 0) is 18.2 Å². The number of aromatic nitrogens is 3. The normalized spacial score (nSPS) is 10.5. The van der Waals surface area contributed by atoms with Gasteiger partial charge in [0.15, 0.2) is 5.82 Å². The number of fused-ring (bicyclic) bond motifs is 1. The van der Waals surface area contributed by atoms with Crippen molar-refractivity contribution in [1.29, 1.82) is 0 Å². The second-order valence-electron chi connectivity index (χ2n) is 4.43. The minimum absolute atomic E-state index is 0.263. The number of carbonyl (C=O) groups is 1. The average Bonchev–Trinajstić information content (AvgIpc) is 2.54. The minimum atomic E-state index is -0.385. The van der Waals surface area contributed by atoms with Crippen molar-refractivity contribution in [2.24, 2.45) is 0 Å². The summed E-state index contributed by atoms with van der Waals surface area (Å²) in [4.78, 5) is 24.5. The number of amides is 1. The number of hydrogen-bond donors (Lipinski definition) is 1. The second kappa shape index (κ2) is 5.95. The molecule has 110 valence electrons. The Hall–Kier alpha value is -2.73. The van der Waals surface area contributed by atoms with Crippen LogP contribution in [-0.4, -0.2) is 28.0 Å². The first-order valence-corrected chi connectivity index (χ1v) is 6.77. The van der Waals surface area contributed by atoms with E-state index in [0.717, 1.165) is 5.39 Å². The van der Waals surface area contributed by atoms with Crippen LogP contribution in [0.3, 0.4) is 0 Å². The van der Waals surface area contributed by atoms with Crippen molar-refractivity contribution >= 4 is 34.2 Å². The van der Waals surface area contributed by atoms with Crippen LogP contribution in [0.15, 0.2) is 42.7 Å². The summed E-state index contributed by atoms with van der Waals surface area (Å²) in [5.74, 6) is 0.220. The SMILES string of the molecule is COc1cncc(NC(=O)c2ccc3ccc(Cl)cc3n2)n1. The van der Waals surface area contributed by atoms with Gasteiger partial charge in [-0.3, -0.25) is 9.78 Å². The van der Waals surface area contributed by atoms with Crippen LogP contribution in [0, 0.1) is 0 Å². The fourth-order valence-electron chi connectivity index (χ4n) is 1.90. The van der Waals surface area contributed by atoms with E-state index in [1.807, 2.05) is 12.1 Å². The number of hydrogen-bond acceptors (Lipinski definition) is 5. The minimum Gasteiger partial charge on any atom is -0.480 e. The van der Waals surface area contributed by atoms with E-state index in [4.69, 9.17) is 16.3 Å². The molecular weight excluding hydrogens is 304 g/mol. The van der Waals surface area contributed by atoms with Crippen LogP contribution >= 0.6 is 11.6 Å². The molecule has 1 N–H and O–H groups in total. The van der Waals surface area contributed by atoms with Gasteiger partial charge in [0.2, 0.25) is 5.88 Å². The van der Waals surface area contributed by atoms with Crippen LogP contribution in [-0.2, 0) is 0 Å². The molecule has 0 atom stereocenters. The molecule has 3 aromatic rings. The number of ether oxygens (including phenoxy) is 1. The molecule has 0 fully saturated rings. The van der Waals surface area contributed by atoms with Gasteiger partial charge < -0.3 is 10.1 Å². The highest BCUT2D eigenvalue weighted by molar-refractivity contribution is 6.31. The molecule has 7 heteroatoms. The van der Waals surface area contributed by atoms with E-state index in [9.17, 15) is 4.79 Å². The lowest BCUT2D eigenvalue weighted by Gasteiger charge is -2.06. The molecule has 2 heterocycles. The summed E-state index contributed by atoms with van der Waals surface area (Å²) in [5, 5.41) is 4.09. The predicted octanol–water partition coefficient (Wildman–Crippen LogP) is 2.94. The fraction of sp³-hybridized carbons (Fsp3) is 0.0667. The summed E-state index contributed by atoms with van der Waals surface area (Å²) >= 11 is 5.94. The lowest BCUT2D eigenvalue weighted by molar-refractivity contribution is 0.102. The summed E-state index contributed by atoms with van der Waals surface area (Å²) in [6.07, 6.45) is 2.88. The molecule has 1 aromatic carbocycles. The molecule has 0 radical (unpaired) electrons. The third-order valence-corrected chi connectivity index (χ3v) is 3.19. The van der Waals surface area contributed by atoms with Crippen LogP contribution in [0.5, 0.6) is 5.88 Å². The number of halogens is 1. The van der Waals surface area contributed by atoms with Crippen molar-refractivity contribution in [2.75, 3.05) is 12.4 Å². The number of methoxy groups -OCH3 is 1. The molecular formula is C15H11ClN4O2. The molecule has 0 aliphatic rings. The summed E-state index contributed by atoms with van der Waals surface area (Å²) in [6, 6.07) is 8.78. The summed E-state index contributed by atoms with van der Waals surface area (Å²) in [6.45, 7) is 0. The van der Waals surface area contributed by atoms with Gasteiger partial charge in [-0.1, -0.05) is 23.7 Å². The standard InChI is InChI=1S/C15H11ClN4O2/c1-22-14-8-17-7-13(19-14)20-15(21)11-5-3-9-2-4-10(16)6-12(9)18-11/h2-8H,1H3,(H,19,20,21). The van der Waals surface area contributed by atoms with E-state index < -0.39 is 0 Å². The summed E-state index contributed by atoms with van der Waals surface area (Å²) in [7, 11) is 1.48. The Morgan fingerprint density at radius 1 is 1.18 bits per heavy atom. The largest absolute Gasteiger partial charge is 0.480 e. The van der Waals surface area contributed by atoms with Gasteiger partial charge in [-0.15, -0.1) is 0 Å². The van der Waals surface area contributed by atoms with Gasteiger partial charge in [-0.2, -0.15) is 4.98 Å². The Balaban J connectivity index is 1.88. The van der Waals surface area contributed by atoms with Gasteiger partial charge in [0.25, 0.3) is 5.91 Å². The van der Waals surface area contributed by atoms with E-state index in [-0.39, 0.29) is 17.4 Å². The molecule has 0 bridgehead atoms. The molecule has 0 unspecified atom stereocenters. The molecule has 0 saturated carbocycles. The van der Waals surface area contributed by atoms with E-state index in [2.05, 4.69) is 20.3 Å². The van der Waals surface area contributed by atoms with E-state index >= 15 is 0 Å². The van der Waals surface area contributed by atoms with E-state index in [1.165, 1.54) is 19.5 Å². The molecule has 2 aromatic heterocycles. The molecule has 0 saturated heterocycles. The maximum atomic E-state index is 12.2. The average molecular weight is 315 g/mol. The quantitative estimate of drug-likeness (QED) is 0.804. The van der Waals surface area contributed by atoms with Crippen molar-refractivity contribution in [3.05, 3.63) is 53.4 Å². The van der Waals surface area contributed by atoms with Crippen LogP contribution in [0.2, 0.25) is 5.02 Å². The zero-order valence-corrected chi connectivity index (χ0v) is 12.3. The smallest absolute Gasteiger partial charge is 0.275 e. The first-order valence-electron chi connectivity index (χ1n) is 6.39. The molecule has 0 aliphatic heterocycles. The third kappa shape index (κ3) is 2.96. The second-order valence-corrected chi connectivity index (χ2v) is 4.87. The maximum Gasteiger partial charge on any atom is 0.275 e. The first-order chi connectivity index (χ1) is 10.7. The molecule has 0 aliphatic carbocycles.